The minimum absolute atomic E-state index is 0.162. The number of aryl methyl sites for hydroxylation is 2. The van der Waals surface area contributed by atoms with Crippen LogP contribution in [0.1, 0.15) is 84.2 Å². The molecule has 0 aliphatic rings. The van der Waals surface area contributed by atoms with Crippen LogP contribution >= 0.6 is 11.6 Å². The molecule has 0 amide bonds. The van der Waals surface area contributed by atoms with E-state index in [1.807, 2.05) is 24.3 Å². The predicted octanol–water partition coefficient (Wildman–Crippen LogP) is 8.24. The fourth-order valence-electron chi connectivity index (χ4n) is 3.73. The van der Waals surface area contributed by atoms with Gasteiger partial charge in [-0.15, -0.1) is 0 Å². The van der Waals surface area contributed by atoms with E-state index in [0.29, 0.717) is 11.3 Å². The molecule has 0 aliphatic carbocycles. The number of halogens is 1. The van der Waals surface area contributed by atoms with E-state index >= 15 is 0 Å². The van der Waals surface area contributed by atoms with Gasteiger partial charge in [-0.25, -0.2) is 9.59 Å². The molecule has 3 aromatic carbocycles. The standard InChI is InChI=1S/C30H33ClO4/c1-3-5-7-9-22-11-15-24(16-12-22)29(32)35-28-20-17-25(21-27(28)31)30(33)34-26-18-13-23(14-19-26)10-8-6-4-2/h11-21H,3-10H2,1-2H3. The minimum atomic E-state index is -0.526. The van der Waals surface area contributed by atoms with Crippen LogP contribution in [0, 0.1) is 0 Å². The van der Waals surface area contributed by atoms with Gasteiger partial charge < -0.3 is 9.47 Å². The first-order valence-electron chi connectivity index (χ1n) is 12.4. The molecule has 35 heavy (non-hydrogen) atoms. The molecule has 5 heteroatoms. The van der Waals surface area contributed by atoms with E-state index in [1.54, 1.807) is 24.3 Å². The molecule has 0 spiro atoms. The number of carbonyl (C=O) groups excluding carboxylic acids is 2. The molecule has 0 N–H and O–H groups in total. The van der Waals surface area contributed by atoms with Crippen LogP contribution in [0.5, 0.6) is 11.5 Å². The number of rotatable bonds is 12. The van der Waals surface area contributed by atoms with Crippen LogP contribution in [0.25, 0.3) is 0 Å². The third-order valence-electron chi connectivity index (χ3n) is 5.83. The van der Waals surface area contributed by atoms with E-state index in [9.17, 15) is 9.59 Å². The summed E-state index contributed by atoms with van der Waals surface area (Å²) < 4.78 is 10.9. The Labute approximate surface area is 213 Å². The number of carbonyl (C=O) groups is 2. The molecule has 184 valence electrons. The largest absolute Gasteiger partial charge is 0.423 e. The van der Waals surface area contributed by atoms with Gasteiger partial charge in [-0.2, -0.15) is 0 Å². The van der Waals surface area contributed by atoms with Crippen LogP contribution in [-0.4, -0.2) is 11.9 Å². The molecule has 0 saturated carbocycles. The molecule has 3 aromatic rings. The second-order valence-electron chi connectivity index (χ2n) is 8.68. The van der Waals surface area contributed by atoms with Crippen LogP contribution in [0.4, 0.5) is 0 Å². The second-order valence-corrected chi connectivity index (χ2v) is 9.09. The zero-order chi connectivity index (χ0) is 25.0. The Morgan fingerprint density at radius 2 is 1.17 bits per heavy atom. The summed E-state index contributed by atoms with van der Waals surface area (Å²) in [5, 5.41) is 0.162. The summed E-state index contributed by atoms with van der Waals surface area (Å²) in [7, 11) is 0. The maximum absolute atomic E-state index is 12.6. The molecule has 3 rings (SSSR count). The van der Waals surface area contributed by atoms with Crippen molar-refractivity contribution in [3.63, 3.8) is 0 Å². The van der Waals surface area contributed by atoms with E-state index in [-0.39, 0.29) is 16.3 Å². The van der Waals surface area contributed by atoms with Crippen LogP contribution in [0.2, 0.25) is 5.02 Å². The van der Waals surface area contributed by atoms with Gasteiger partial charge in [-0.1, -0.05) is 75.4 Å². The number of hydrogen-bond donors (Lipinski definition) is 0. The molecule has 0 bridgehead atoms. The van der Waals surface area contributed by atoms with E-state index in [4.69, 9.17) is 21.1 Å². The molecular weight excluding hydrogens is 460 g/mol. The average Bonchev–Trinajstić information content (AvgIpc) is 2.87. The van der Waals surface area contributed by atoms with Crippen molar-refractivity contribution in [3.05, 3.63) is 94.0 Å². The Morgan fingerprint density at radius 1 is 0.657 bits per heavy atom. The van der Waals surface area contributed by atoms with E-state index in [2.05, 4.69) is 13.8 Å². The molecule has 0 unspecified atom stereocenters. The number of hydrogen-bond acceptors (Lipinski definition) is 4. The normalized spacial score (nSPS) is 10.7. The molecule has 0 atom stereocenters. The first-order chi connectivity index (χ1) is 17.0. The first-order valence-corrected chi connectivity index (χ1v) is 12.8. The third kappa shape index (κ3) is 8.25. The van der Waals surface area contributed by atoms with Crippen LogP contribution < -0.4 is 9.47 Å². The molecule has 0 aliphatic heterocycles. The van der Waals surface area contributed by atoms with Gasteiger partial charge in [-0.3, -0.25) is 0 Å². The van der Waals surface area contributed by atoms with Crippen molar-refractivity contribution >= 4 is 23.5 Å². The Morgan fingerprint density at radius 3 is 1.71 bits per heavy atom. The lowest BCUT2D eigenvalue weighted by atomic mass is 10.1. The quantitative estimate of drug-likeness (QED) is 0.145. The van der Waals surface area contributed by atoms with Crippen molar-refractivity contribution in [3.8, 4) is 11.5 Å². The number of esters is 2. The van der Waals surface area contributed by atoms with Crippen molar-refractivity contribution in [1.82, 2.24) is 0 Å². The zero-order valence-electron chi connectivity index (χ0n) is 20.5. The molecule has 0 fully saturated rings. The fraction of sp³-hybridized carbons (Fsp3) is 0.333. The second kappa shape index (κ2) is 13.7. The first kappa shape index (κ1) is 26.5. The van der Waals surface area contributed by atoms with Gasteiger partial charge in [0, 0.05) is 0 Å². The predicted molar refractivity (Wildman–Crippen MR) is 141 cm³/mol. The van der Waals surface area contributed by atoms with Gasteiger partial charge in [0.05, 0.1) is 16.1 Å². The monoisotopic (exact) mass is 492 g/mol. The van der Waals surface area contributed by atoms with Crippen LogP contribution in [0.15, 0.2) is 66.7 Å². The molecule has 0 radical (unpaired) electrons. The summed E-state index contributed by atoms with van der Waals surface area (Å²) in [6.07, 6.45) is 9.04. The lowest BCUT2D eigenvalue weighted by molar-refractivity contribution is 0.0730. The Kier molecular flexibility index (Phi) is 10.4. The Hall–Kier alpha value is -3.11. The van der Waals surface area contributed by atoms with Crippen molar-refractivity contribution in [2.45, 2.75) is 65.2 Å². The number of ether oxygens (including phenoxy) is 2. The minimum Gasteiger partial charge on any atom is -0.423 e. The summed E-state index contributed by atoms with van der Waals surface area (Å²) in [6, 6.07) is 19.5. The fourth-order valence-corrected chi connectivity index (χ4v) is 3.94. The summed E-state index contributed by atoms with van der Waals surface area (Å²) in [5.74, 6) is -0.362. The van der Waals surface area contributed by atoms with E-state index in [0.717, 1.165) is 25.7 Å². The molecule has 0 aromatic heterocycles. The highest BCUT2D eigenvalue weighted by Gasteiger charge is 2.15. The van der Waals surface area contributed by atoms with Crippen molar-refractivity contribution in [2.75, 3.05) is 0 Å². The van der Waals surface area contributed by atoms with Crippen molar-refractivity contribution in [2.24, 2.45) is 0 Å². The highest BCUT2D eigenvalue weighted by Crippen LogP contribution is 2.27. The van der Waals surface area contributed by atoms with Gasteiger partial charge in [0.2, 0.25) is 0 Å². The van der Waals surface area contributed by atoms with Crippen LogP contribution in [0.3, 0.4) is 0 Å². The highest BCUT2D eigenvalue weighted by molar-refractivity contribution is 6.32. The lowest BCUT2D eigenvalue weighted by Gasteiger charge is -2.09. The van der Waals surface area contributed by atoms with Gasteiger partial charge in [0.1, 0.15) is 11.5 Å². The van der Waals surface area contributed by atoms with Gasteiger partial charge in [0.25, 0.3) is 0 Å². The Balaban J connectivity index is 1.56. The summed E-state index contributed by atoms with van der Waals surface area (Å²) >= 11 is 6.30. The van der Waals surface area contributed by atoms with Crippen LogP contribution in [-0.2, 0) is 12.8 Å². The lowest BCUT2D eigenvalue weighted by Crippen LogP contribution is -2.11. The van der Waals surface area contributed by atoms with Crippen molar-refractivity contribution < 1.29 is 19.1 Å². The third-order valence-corrected chi connectivity index (χ3v) is 6.13. The highest BCUT2D eigenvalue weighted by atomic mass is 35.5. The van der Waals surface area contributed by atoms with E-state index < -0.39 is 11.9 Å². The molecule has 0 heterocycles. The number of benzene rings is 3. The van der Waals surface area contributed by atoms with Gasteiger partial charge in [-0.05, 0) is 79.3 Å². The zero-order valence-corrected chi connectivity index (χ0v) is 21.3. The molecule has 0 saturated heterocycles. The topological polar surface area (TPSA) is 52.6 Å². The Bertz CT molecular complexity index is 1100. The average molecular weight is 493 g/mol. The van der Waals surface area contributed by atoms with Gasteiger partial charge >= 0.3 is 11.9 Å². The maximum Gasteiger partial charge on any atom is 0.343 e. The van der Waals surface area contributed by atoms with Crippen molar-refractivity contribution in [1.29, 1.82) is 0 Å². The smallest absolute Gasteiger partial charge is 0.343 e. The van der Waals surface area contributed by atoms with Gasteiger partial charge in [0.15, 0.2) is 0 Å². The summed E-state index contributed by atoms with van der Waals surface area (Å²) in [4.78, 5) is 25.1. The van der Waals surface area contributed by atoms with E-state index in [1.165, 1.54) is 55.0 Å². The molecule has 4 nitrogen and oxygen atoms in total. The SMILES string of the molecule is CCCCCc1ccc(OC(=O)c2ccc(OC(=O)c3ccc(CCCCC)cc3)c(Cl)c2)cc1. The number of unbranched alkanes of at least 4 members (excludes halogenated alkanes) is 4. The summed E-state index contributed by atoms with van der Waals surface area (Å²) in [6.45, 7) is 4.35. The maximum atomic E-state index is 12.6. The molecular formula is C30H33ClO4. The summed E-state index contributed by atoms with van der Waals surface area (Å²) in [5.41, 5.74) is 3.14.